The van der Waals surface area contributed by atoms with Gasteiger partial charge in [0.2, 0.25) is 0 Å². The van der Waals surface area contributed by atoms with Crippen molar-refractivity contribution in [1.29, 1.82) is 0 Å². The van der Waals surface area contributed by atoms with E-state index in [4.69, 9.17) is 4.98 Å². The Morgan fingerprint density at radius 2 is 1.83 bits per heavy atom. The van der Waals surface area contributed by atoms with Gasteiger partial charge in [0.1, 0.15) is 11.5 Å². The number of fused-ring (bicyclic) bond motifs is 3. The summed E-state index contributed by atoms with van der Waals surface area (Å²) < 4.78 is 1.70. The van der Waals surface area contributed by atoms with Crippen molar-refractivity contribution in [2.45, 2.75) is 6.92 Å². The van der Waals surface area contributed by atoms with Crippen molar-refractivity contribution >= 4 is 22.4 Å². The van der Waals surface area contributed by atoms with Gasteiger partial charge < -0.3 is 9.80 Å². The van der Waals surface area contributed by atoms with Crippen molar-refractivity contribution < 1.29 is 0 Å². The lowest BCUT2D eigenvalue weighted by atomic mass is 10.2. The van der Waals surface area contributed by atoms with Crippen LogP contribution in [0.15, 0.2) is 47.3 Å². The maximum absolute atomic E-state index is 12.7. The summed E-state index contributed by atoms with van der Waals surface area (Å²) in [6.07, 6.45) is 0. The molecule has 1 aromatic carbocycles. The van der Waals surface area contributed by atoms with Crippen LogP contribution in [-0.4, -0.2) is 47.0 Å². The van der Waals surface area contributed by atoms with Crippen LogP contribution in [0.3, 0.4) is 0 Å². The van der Waals surface area contributed by atoms with Crippen LogP contribution in [-0.2, 0) is 0 Å². The Morgan fingerprint density at radius 3 is 2.61 bits per heavy atom. The molecule has 1 fully saturated rings. The minimum absolute atomic E-state index is 0.0141. The third-order valence-electron chi connectivity index (χ3n) is 4.66. The summed E-state index contributed by atoms with van der Waals surface area (Å²) in [5, 5.41) is 1.05. The van der Waals surface area contributed by atoms with Crippen LogP contribution >= 0.6 is 0 Å². The highest BCUT2D eigenvalue weighted by Crippen LogP contribution is 2.17. The maximum atomic E-state index is 12.7. The highest BCUT2D eigenvalue weighted by Gasteiger charge is 2.18. The summed E-state index contributed by atoms with van der Waals surface area (Å²) in [6.45, 7) is 7.15. The predicted octanol–water partition coefficient (Wildman–Crippen LogP) is 1.99. The average Bonchev–Trinajstić information content (AvgIpc) is 2.61. The van der Waals surface area contributed by atoms with Crippen molar-refractivity contribution in [2.75, 3.05) is 37.6 Å². The largest absolute Gasteiger partial charge is 0.354 e. The van der Waals surface area contributed by atoms with Crippen molar-refractivity contribution in [2.24, 2.45) is 0 Å². The van der Waals surface area contributed by atoms with Gasteiger partial charge in [0.05, 0.1) is 5.52 Å². The quantitative estimate of drug-likeness (QED) is 0.679. The van der Waals surface area contributed by atoms with Gasteiger partial charge in [0.25, 0.3) is 5.56 Å². The van der Waals surface area contributed by atoms with E-state index >= 15 is 0 Å². The minimum Gasteiger partial charge on any atom is -0.354 e. The fourth-order valence-corrected chi connectivity index (χ4v) is 3.29. The SMILES string of the molecule is CCN1CCN(c2cc(=O)n3c(ccc4ccccc43)n2)CC1. The van der Waals surface area contributed by atoms with E-state index in [1.165, 1.54) is 0 Å². The molecule has 1 aliphatic rings. The van der Waals surface area contributed by atoms with E-state index < -0.39 is 0 Å². The molecule has 5 heteroatoms. The normalized spacial score (nSPS) is 16.3. The Bertz CT molecular complexity index is 910. The standard InChI is InChI=1S/C18H20N4O/c1-2-20-9-11-21(12-10-20)17-13-18(23)22-15-6-4-3-5-14(15)7-8-16(22)19-17/h3-8,13H,2,9-12H2,1H3. The van der Waals surface area contributed by atoms with Gasteiger partial charge >= 0.3 is 0 Å². The van der Waals surface area contributed by atoms with Crippen LogP contribution in [0.2, 0.25) is 0 Å². The van der Waals surface area contributed by atoms with Crippen LogP contribution in [0.4, 0.5) is 5.82 Å². The monoisotopic (exact) mass is 308 g/mol. The number of para-hydroxylation sites is 1. The Balaban J connectivity index is 1.79. The molecule has 3 heterocycles. The minimum atomic E-state index is -0.0141. The molecule has 1 saturated heterocycles. The Hall–Kier alpha value is -2.40. The number of benzene rings is 1. The molecule has 0 unspecified atom stereocenters. The van der Waals surface area contributed by atoms with Crippen molar-refractivity contribution in [1.82, 2.24) is 14.3 Å². The summed E-state index contributed by atoms with van der Waals surface area (Å²) in [5.74, 6) is 0.793. The fraction of sp³-hybridized carbons (Fsp3) is 0.333. The van der Waals surface area contributed by atoms with Gasteiger partial charge in [-0.15, -0.1) is 0 Å². The number of rotatable bonds is 2. The second-order valence-corrected chi connectivity index (χ2v) is 5.96. The Morgan fingerprint density at radius 1 is 1.04 bits per heavy atom. The lowest BCUT2D eigenvalue weighted by molar-refractivity contribution is 0.270. The van der Waals surface area contributed by atoms with Gasteiger partial charge in [-0.1, -0.05) is 25.1 Å². The smallest absolute Gasteiger partial charge is 0.260 e. The second kappa shape index (κ2) is 5.66. The third kappa shape index (κ3) is 2.47. The molecule has 1 aliphatic heterocycles. The first-order chi connectivity index (χ1) is 11.3. The summed E-state index contributed by atoms with van der Waals surface area (Å²) in [5.41, 5.74) is 1.61. The van der Waals surface area contributed by atoms with E-state index in [0.717, 1.165) is 49.4 Å². The van der Waals surface area contributed by atoms with E-state index in [1.54, 1.807) is 10.5 Å². The predicted molar refractivity (Wildman–Crippen MR) is 93.3 cm³/mol. The maximum Gasteiger partial charge on any atom is 0.260 e. The summed E-state index contributed by atoms with van der Waals surface area (Å²) in [7, 11) is 0. The zero-order valence-corrected chi connectivity index (χ0v) is 13.3. The zero-order valence-electron chi connectivity index (χ0n) is 13.3. The molecule has 4 rings (SSSR count). The van der Waals surface area contributed by atoms with Crippen LogP contribution in [0, 0.1) is 0 Å². The molecule has 0 radical (unpaired) electrons. The highest BCUT2D eigenvalue weighted by atomic mass is 16.1. The molecule has 0 bridgehead atoms. The van der Waals surface area contributed by atoms with Crippen molar-refractivity contribution in [3.8, 4) is 0 Å². The lowest BCUT2D eigenvalue weighted by Gasteiger charge is -2.34. The summed E-state index contributed by atoms with van der Waals surface area (Å²) in [6, 6.07) is 13.5. The summed E-state index contributed by atoms with van der Waals surface area (Å²) >= 11 is 0. The molecule has 2 aromatic heterocycles. The van der Waals surface area contributed by atoms with E-state index in [2.05, 4.69) is 16.7 Å². The van der Waals surface area contributed by atoms with Crippen LogP contribution in [0.25, 0.3) is 16.6 Å². The first-order valence-electron chi connectivity index (χ1n) is 8.15. The lowest BCUT2D eigenvalue weighted by Crippen LogP contribution is -2.46. The molecule has 3 aromatic rings. The van der Waals surface area contributed by atoms with Crippen molar-refractivity contribution in [3.63, 3.8) is 0 Å². The number of hydrogen-bond donors (Lipinski definition) is 0. The molecule has 0 spiro atoms. The molecular formula is C18H20N4O. The van der Waals surface area contributed by atoms with Crippen LogP contribution in [0.1, 0.15) is 6.92 Å². The average molecular weight is 308 g/mol. The zero-order chi connectivity index (χ0) is 15.8. The molecule has 0 amide bonds. The number of pyridine rings is 1. The molecule has 0 N–H and O–H groups in total. The topological polar surface area (TPSA) is 40.9 Å². The first kappa shape index (κ1) is 14.2. The van der Waals surface area contributed by atoms with Gasteiger partial charge in [0.15, 0.2) is 0 Å². The Kier molecular flexibility index (Phi) is 3.50. The molecule has 23 heavy (non-hydrogen) atoms. The van der Waals surface area contributed by atoms with E-state index in [9.17, 15) is 4.79 Å². The molecule has 5 nitrogen and oxygen atoms in total. The van der Waals surface area contributed by atoms with E-state index in [1.807, 2.05) is 36.4 Å². The van der Waals surface area contributed by atoms with Crippen LogP contribution in [0.5, 0.6) is 0 Å². The van der Waals surface area contributed by atoms with Gasteiger partial charge in [-0.3, -0.25) is 9.20 Å². The van der Waals surface area contributed by atoms with Gasteiger partial charge in [-0.25, -0.2) is 4.98 Å². The van der Waals surface area contributed by atoms with Crippen LogP contribution < -0.4 is 10.5 Å². The highest BCUT2D eigenvalue weighted by molar-refractivity contribution is 5.81. The fourth-order valence-electron chi connectivity index (χ4n) is 3.29. The van der Waals surface area contributed by atoms with Gasteiger partial charge in [-0.2, -0.15) is 0 Å². The molecule has 118 valence electrons. The number of hydrogen-bond acceptors (Lipinski definition) is 4. The van der Waals surface area contributed by atoms with Gasteiger partial charge in [0, 0.05) is 32.2 Å². The summed E-state index contributed by atoms with van der Waals surface area (Å²) in [4.78, 5) is 22.0. The van der Waals surface area contributed by atoms with Crippen molar-refractivity contribution in [3.05, 3.63) is 52.8 Å². The second-order valence-electron chi connectivity index (χ2n) is 5.96. The number of piperazine rings is 1. The number of anilines is 1. The molecule has 0 saturated carbocycles. The number of nitrogens with zero attached hydrogens (tertiary/aromatic N) is 4. The number of likely N-dealkylation sites (N-methyl/N-ethyl adjacent to an activating group) is 1. The van der Waals surface area contributed by atoms with Gasteiger partial charge in [-0.05, 0) is 30.1 Å². The Labute approximate surface area is 134 Å². The third-order valence-corrected chi connectivity index (χ3v) is 4.66. The van der Waals surface area contributed by atoms with E-state index in [-0.39, 0.29) is 5.56 Å². The first-order valence-corrected chi connectivity index (χ1v) is 8.15. The number of aromatic nitrogens is 2. The molecule has 0 atom stereocenters. The molecule has 0 aliphatic carbocycles. The molecular weight excluding hydrogens is 288 g/mol. The van der Waals surface area contributed by atoms with E-state index in [0.29, 0.717) is 5.65 Å².